The van der Waals surface area contributed by atoms with E-state index < -0.39 is 0 Å². The van der Waals surface area contributed by atoms with E-state index in [0.717, 1.165) is 23.3 Å². The Balaban J connectivity index is 2.11. The monoisotopic (exact) mass is 355 g/mol. The van der Waals surface area contributed by atoms with Crippen LogP contribution in [0.15, 0.2) is 10.5 Å². The first-order chi connectivity index (χ1) is 9.43. The SMILES string of the molecule is CCn1nc(C)c(Br)c1CNC(C)c1cc(C)sc1C. The lowest BCUT2D eigenvalue weighted by atomic mass is 10.1. The van der Waals surface area contributed by atoms with Crippen molar-refractivity contribution in [3.63, 3.8) is 0 Å². The molecule has 0 aliphatic rings. The maximum atomic E-state index is 4.53. The Labute approximate surface area is 133 Å². The molecule has 0 saturated carbocycles. The molecule has 0 amide bonds. The van der Waals surface area contributed by atoms with Crippen LogP contribution in [0.3, 0.4) is 0 Å². The van der Waals surface area contributed by atoms with Gasteiger partial charge in [-0.2, -0.15) is 5.10 Å². The van der Waals surface area contributed by atoms with Gasteiger partial charge in [0.1, 0.15) is 0 Å². The summed E-state index contributed by atoms with van der Waals surface area (Å²) < 4.78 is 3.18. The van der Waals surface area contributed by atoms with Crippen LogP contribution in [0.25, 0.3) is 0 Å². The fourth-order valence-corrected chi connectivity index (χ4v) is 3.92. The van der Waals surface area contributed by atoms with E-state index in [-0.39, 0.29) is 0 Å². The Morgan fingerprint density at radius 3 is 2.65 bits per heavy atom. The number of rotatable bonds is 5. The molecular weight excluding hydrogens is 334 g/mol. The van der Waals surface area contributed by atoms with Gasteiger partial charge in [0.05, 0.1) is 15.9 Å². The average Bonchev–Trinajstić information content (AvgIpc) is 2.88. The van der Waals surface area contributed by atoms with Crippen LogP contribution in [0.1, 0.15) is 46.6 Å². The van der Waals surface area contributed by atoms with Crippen LogP contribution < -0.4 is 5.32 Å². The minimum absolute atomic E-state index is 0.354. The highest BCUT2D eigenvalue weighted by Gasteiger charge is 2.15. The van der Waals surface area contributed by atoms with Crippen molar-refractivity contribution in [2.45, 2.75) is 53.8 Å². The van der Waals surface area contributed by atoms with Crippen molar-refractivity contribution in [2.24, 2.45) is 0 Å². The third-order valence-corrected chi connectivity index (χ3v) is 5.59. The van der Waals surface area contributed by atoms with E-state index in [9.17, 15) is 0 Å². The largest absolute Gasteiger partial charge is 0.304 e. The first-order valence-corrected chi connectivity index (χ1v) is 8.57. The number of thiophene rings is 1. The number of hydrogen-bond donors (Lipinski definition) is 1. The molecule has 5 heteroatoms. The lowest BCUT2D eigenvalue weighted by Crippen LogP contribution is -2.20. The number of aryl methyl sites for hydroxylation is 4. The van der Waals surface area contributed by atoms with Crippen molar-refractivity contribution in [2.75, 3.05) is 0 Å². The zero-order valence-corrected chi connectivity index (χ0v) is 15.2. The van der Waals surface area contributed by atoms with Gasteiger partial charge in [0.2, 0.25) is 0 Å². The Kier molecular flexibility index (Phi) is 5.04. The molecule has 0 radical (unpaired) electrons. The van der Waals surface area contributed by atoms with Crippen LogP contribution in [0.2, 0.25) is 0 Å². The predicted molar refractivity (Wildman–Crippen MR) is 89.4 cm³/mol. The molecule has 1 unspecified atom stereocenters. The second-order valence-electron chi connectivity index (χ2n) is 5.13. The molecule has 0 aromatic carbocycles. The van der Waals surface area contributed by atoms with Crippen molar-refractivity contribution < 1.29 is 0 Å². The number of nitrogens with one attached hydrogen (secondary N) is 1. The van der Waals surface area contributed by atoms with Crippen LogP contribution in [0, 0.1) is 20.8 Å². The molecular formula is C15H22BrN3S. The van der Waals surface area contributed by atoms with E-state index >= 15 is 0 Å². The van der Waals surface area contributed by atoms with Crippen molar-refractivity contribution in [3.8, 4) is 0 Å². The number of aromatic nitrogens is 2. The molecule has 2 heterocycles. The molecule has 0 aliphatic carbocycles. The standard InChI is InChI=1S/C15H22BrN3S/c1-6-19-14(15(16)11(4)18-19)8-17-10(3)13-7-9(2)20-12(13)5/h7,10,17H,6,8H2,1-5H3. The Hall–Kier alpha value is -0.650. The summed E-state index contributed by atoms with van der Waals surface area (Å²) in [7, 11) is 0. The van der Waals surface area contributed by atoms with Gasteiger partial charge in [0.25, 0.3) is 0 Å². The van der Waals surface area contributed by atoms with Gasteiger partial charge in [-0.3, -0.25) is 4.68 Å². The highest BCUT2D eigenvalue weighted by molar-refractivity contribution is 9.10. The molecule has 0 bridgehead atoms. The van der Waals surface area contributed by atoms with Gasteiger partial charge in [-0.15, -0.1) is 11.3 Å². The van der Waals surface area contributed by atoms with E-state index in [2.05, 4.69) is 64.8 Å². The normalized spacial score (nSPS) is 12.9. The molecule has 1 N–H and O–H groups in total. The topological polar surface area (TPSA) is 29.9 Å². The fourth-order valence-electron chi connectivity index (χ4n) is 2.48. The summed E-state index contributed by atoms with van der Waals surface area (Å²) in [4.78, 5) is 2.78. The van der Waals surface area contributed by atoms with Crippen molar-refractivity contribution in [3.05, 3.63) is 37.2 Å². The lowest BCUT2D eigenvalue weighted by molar-refractivity contribution is 0.529. The van der Waals surface area contributed by atoms with Gasteiger partial charge in [0, 0.05) is 28.9 Å². The zero-order chi connectivity index (χ0) is 14.9. The first-order valence-electron chi connectivity index (χ1n) is 6.96. The van der Waals surface area contributed by atoms with Crippen LogP contribution in [-0.2, 0) is 13.1 Å². The summed E-state index contributed by atoms with van der Waals surface area (Å²) in [6.07, 6.45) is 0. The Morgan fingerprint density at radius 1 is 1.40 bits per heavy atom. The Morgan fingerprint density at radius 2 is 2.10 bits per heavy atom. The van der Waals surface area contributed by atoms with E-state index in [1.807, 2.05) is 18.3 Å². The van der Waals surface area contributed by atoms with Gasteiger partial charge >= 0.3 is 0 Å². The van der Waals surface area contributed by atoms with Crippen LogP contribution in [-0.4, -0.2) is 9.78 Å². The molecule has 3 nitrogen and oxygen atoms in total. The second-order valence-corrected chi connectivity index (χ2v) is 7.39. The second kappa shape index (κ2) is 6.41. The first kappa shape index (κ1) is 15.7. The summed E-state index contributed by atoms with van der Waals surface area (Å²) in [5, 5.41) is 8.15. The number of hydrogen-bond acceptors (Lipinski definition) is 3. The summed E-state index contributed by atoms with van der Waals surface area (Å²) in [6.45, 7) is 12.5. The van der Waals surface area contributed by atoms with Gasteiger partial charge in [-0.1, -0.05) is 0 Å². The van der Waals surface area contributed by atoms with E-state index in [1.54, 1.807) is 0 Å². The van der Waals surface area contributed by atoms with Crippen molar-refractivity contribution in [1.82, 2.24) is 15.1 Å². The van der Waals surface area contributed by atoms with E-state index in [0.29, 0.717) is 6.04 Å². The van der Waals surface area contributed by atoms with Crippen molar-refractivity contribution in [1.29, 1.82) is 0 Å². The highest BCUT2D eigenvalue weighted by Crippen LogP contribution is 2.27. The molecule has 2 rings (SSSR count). The summed E-state index contributed by atoms with van der Waals surface area (Å²) in [5.41, 5.74) is 3.68. The highest BCUT2D eigenvalue weighted by atomic mass is 79.9. The third-order valence-electron chi connectivity index (χ3n) is 3.57. The van der Waals surface area contributed by atoms with E-state index in [4.69, 9.17) is 0 Å². The molecule has 20 heavy (non-hydrogen) atoms. The van der Waals surface area contributed by atoms with Crippen LogP contribution in [0.4, 0.5) is 0 Å². The molecule has 0 fully saturated rings. The fraction of sp³-hybridized carbons (Fsp3) is 0.533. The van der Waals surface area contributed by atoms with Gasteiger partial charge < -0.3 is 5.32 Å². The number of nitrogens with zero attached hydrogens (tertiary/aromatic N) is 2. The average molecular weight is 356 g/mol. The molecule has 0 spiro atoms. The smallest absolute Gasteiger partial charge is 0.0739 e. The lowest BCUT2D eigenvalue weighted by Gasteiger charge is -2.15. The van der Waals surface area contributed by atoms with Gasteiger partial charge in [-0.05, 0) is 62.2 Å². The van der Waals surface area contributed by atoms with E-state index in [1.165, 1.54) is 21.0 Å². The van der Waals surface area contributed by atoms with Crippen molar-refractivity contribution >= 4 is 27.3 Å². The quantitative estimate of drug-likeness (QED) is 0.855. The predicted octanol–water partition coefficient (Wildman–Crippen LogP) is 4.50. The van der Waals surface area contributed by atoms with Crippen LogP contribution in [0.5, 0.6) is 0 Å². The maximum absolute atomic E-state index is 4.53. The molecule has 110 valence electrons. The van der Waals surface area contributed by atoms with Crippen LogP contribution >= 0.6 is 27.3 Å². The molecule has 0 aliphatic heterocycles. The summed E-state index contributed by atoms with van der Waals surface area (Å²) in [6, 6.07) is 2.64. The molecule has 2 aromatic rings. The molecule has 0 saturated heterocycles. The minimum atomic E-state index is 0.354. The number of halogens is 1. The van der Waals surface area contributed by atoms with Gasteiger partial charge in [0.15, 0.2) is 0 Å². The molecule has 2 aromatic heterocycles. The third kappa shape index (κ3) is 3.15. The summed E-state index contributed by atoms with van der Waals surface area (Å²) >= 11 is 5.51. The van der Waals surface area contributed by atoms with Gasteiger partial charge in [-0.25, -0.2) is 0 Å². The Bertz CT molecular complexity index is 601. The molecule has 1 atom stereocenters. The minimum Gasteiger partial charge on any atom is -0.304 e. The zero-order valence-electron chi connectivity index (χ0n) is 12.7. The maximum Gasteiger partial charge on any atom is 0.0739 e. The summed E-state index contributed by atoms with van der Waals surface area (Å²) in [5.74, 6) is 0.